The summed E-state index contributed by atoms with van der Waals surface area (Å²) in [6.45, 7) is 0.474. The van der Waals surface area contributed by atoms with Gasteiger partial charge in [0.05, 0.1) is 5.92 Å². The van der Waals surface area contributed by atoms with Crippen LogP contribution in [-0.2, 0) is 9.59 Å². The number of carboxylic acid groups (broad SMARTS) is 1. The number of nitrogens with one attached hydrogen (secondary N) is 1. The maximum absolute atomic E-state index is 11.9. The van der Waals surface area contributed by atoms with Crippen LogP contribution in [0.1, 0.15) is 24.8 Å². The Morgan fingerprint density at radius 3 is 2.55 bits per heavy atom. The van der Waals surface area contributed by atoms with Crippen LogP contribution in [0.2, 0.25) is 0 Å². The van der Waals surface area contributed by atoms with Gasteiger partial charge in [-0.2, -0.15) is 0 Å². The highest BCUT2D eigenvalue weighted by Gasteiger charge is 2.33. The molecule has 1 fully saturated rings. The third-order valence-electron chi connectivity index (χ3n) is 3.66. The van der Waals surface area contributed by atoms with E-state index < -0.39 is 5.97 Å². The lowest BCUT2D eigenvalue weighted by atomic mass is 10.0. The summed E-state index contributed by atoms with van der Waals surface area (Å²) in [5.41, 5.74) is 1.09. The van der Waals surface area contributed by atoms with E-state index in [-0.39, 0.29) is 17.7 Å². The SMILES string of the molecule is O=C(O)[C@@H]1CC[C@H](C(=O)NC/C=C/c2ccccc2)C1. The molecular formula is C16H19NO3. The van der Waals surface area contributed by atoms with Gasteiger partial charge >= 0.3 is 5.97 Å². The first-order valence-electron chi connectivity index (χ1n) is 6.89. The molecule has 1 amide bonds. The normalized spacial score (nSPS) is 22.0. The van der Waals surface area contributed by atoms with E-state index in [1.807, 2.05) is 42.5 Å². The van der Waals surface area contributed by atoms with Crippen molar-refractivity contribution in [2.45, 2.75) is 19.3 Å². The van der Waals surface area contributed by atoms with Crippen LogP contribution < -0.4 is 5.32 Å². The molecule has 0 unspecified atom stereocenters. The van der Waals surface area contributed by atoms with E-state index in [2.05, 4.69) is 5.32 Å². The first-order chi connectivity index (χ1) is 9.66. The standard InChI is InChI=1S/C16H19NO3/c18-15(13-8-9-14(11-13)16(19)20)17-10-4-7-12-5-2-1-3-6-12/h1-7,13-14H,8-11H2,(H,17,18)(H,19,20)/b7-4+/t13-,14+/m0/s1. The molecule has 0 radical (unpaired) electrons. The smallest absolute Gasteiger partial charge is 0.306 e. The van der Waals surface area contributed by atoms with Gasteiger partial charge in [-0.25, -0.2) is 0 Å². The van der Waals surface area contributed by atoms with Crippen LogP contribution in [0, 0.1) is 11.8 Å². The molecule has 0 saturated heterocycles. The van der Waals surface area contributed by atoms with Crippen LogP contribution in [-0.4, -0.2) is 23.5 Å². The molecule has 2 atom stereocenters. The van der Waals surface area contributed by atoms with Crippen molar-refractivity contribution in [3.63, 3.8) is 0 Å². The third kappa shape index (κ3) is 3.95. The van der Waals surface area contributed by atoms with Crippen molar-refractivity contribution < 1.29 is 14.7 Å². The molecule has 20 heavy (non-hydrogen) atoms. The van der Waals surface area contributed by atoms with Gasteiger partial charge < -0.3 is 10.4 Å². The fourth-order valence-electron chi connectivity index (χ4n) is 2.51. The first kappa shape index (κ1) is 14.3. The maximum atomic E-state index is 11.9. The molecule has 0 bridgehead atoms. The predicted octanol–water partition coefficient (Wildman–Crippen LogP) is 2.32. The molecule has 106 valence electrons. The Kier molecular flexibility index (Phi) is 4.93. The molecule has 4 nitrogen and oxygen atoms in total. The molecule has 0 spiro atoms. The average molecular weight is 273 g/mol. The monoisotopic (exact) mass is 273 g/mol. The summed E-state index contributed by atoms with van der Waals surface area (Å²) in [4.78, 5) is 22.7. The van der Waals surface area contributed by atoms with Gasteiger partial charge in [0.15, 0.2) is 0 Å². The Labute approximate surface area is 118 Å². The van der Waals surface area contributed by atoms with E-state index >= 15 is 0 Å². The Hall–Kier alpha value is -2.10. The molecule has 1 saturated carbocycles. The van der Waals surface area contributed by atoms with Crippen LogP contribution in [0.15, 0.2) is 36.4 Å². The van der Waals surface area contributed by atoms with Crippen LogP contribution in [0.25, 0.3) is 6.08 Å². The molecule has 2 rings (SSSR count). The average Bonchev–Trinajstić information content (AvgIpc) is 2.94. The molecule has 0 aromatic heterocycles. The van der Waals surface area contributed by atoms with E-state index in [9.17, 15) is 9.59 Å². The van der Waals surface area contributed by atoms with Crippen LogP contribution in [0.3, 0.4) is 0 Å². The Morgan fingerprint density at radius 2 is 1.90 bits per heavy atom. The highest BCUT2D eigenvalue weighted by atomic mass is 16.4. The fraction of sp³-hybridized carbons (Fsp3) is 0.375. The predicted molar refractivity (Wildman–Crippen MR) is 77.0 cm³/mol. The quantitative estimate of drug-likeness (QED) is 0.865. The van der Waals surface area contributed by atoms with Gasteiger partial charge in [-0.15, -0.1) is 0 Å². The Balaban J connectivity index is 1.73. The van der Waals surface area contributed by atoms with E-state index in [0.29, 0.717) is 25.8 Å². The summed E-state index contributed by atoms with van der Waals surface area (Å²) < 4.78 is 0. The zero-order chi connectivity index (χ0) is 14.4. The molecule has 1 aliphatic carbocycles. The topological polar surface area (TPSA) is 66.4 Å². The summed E-state index contributed by atoms with van der Waals surface area (Å²) in [6.07, 6.45) is 5.59. The minimum absolute atomic E-state index is 0.0357. The van der Waals surface area contributed by atoms with Crippen LogP contribution >= 0.6 is 0 Å². The van der Waals surface area contributed by atoms with Gasteiger partial charge in [0.25, 0.3) is 0 Å². The number of aliphatic carboxylic acids is 1. The van der Waals surface area contributed by atoms with Crippen LogP contribution in [0.5, 0.6) is 0 Å². The van der Waals surface area contributed by atoms with Gasteiger partial charge in [-0.1, -0.05) is 42.5 Å². The van der Waals surface area contributed by atoms with Crippen molar-refractivity contribution in [1.82, 2.24) is 5.32 Å². The molecule has 1 aromatic carbocycles. The van der Waals surface area contributed by atoms with Crippen molar-refractivity contribution in [2.75, 3.05) is 6.54 Å². The summed E-state index contributed by atoms with van der Waals surface area (Å²) in [7, 11) is 0. The van der Waals surface area contributed by atoms with Gasteiger partial charge in [0.1, 0.15) is 0 Å². The van der Waals surface area contributed by atoms with Crippen molar-refractivity contribution in [1.29, 1.82) is 0 Å². The van der Waals surface area contributed by atoms with Crippen molar-refractivity contribution in [3.8, 4) is 0 Å². The Morgan fingerprint density at radius 1 is 1.20 bits per heavy atom. The number of benzene rings is 1. The van der Waals surface area contributed by atoms with Gasteiger partial charge in [-0.05, 0) is 24.8 Å². The maximum Gasteiger partial charge on any atom is 0.306 e. The highest BCUT2D eigenvalue weighted by Crippen LogP contribution is 2.30. The number of amides is 1. The summed E-state index contributed by atoms with van der Waals surface area (Å²) in [6, 6.07) is 9.86. The summed E-state index contributed by atoms with van der Waals surface area (Å²) in [5.74, 6) is -1.33. The number of carboxylic acids is 1. The molecule has 1 aromatic rings. The lowest BCUT2D eigenvalue weighted by Crippen LogP contribution is -2.29. The number of carbonyl (C=O) groups is 2. The molecule has 4 heteroatoms. The number of hydrogen-bond acceptors (Lipinski definition) is 2. The lowest BCUT2D eigenvalue weighted by molar-refractivity contribution is -0.141. The lowest BCUT2D eigenvalue weighted by Gasteiger charge is -2.09. The van der Waals surface area contributed by atoms with Gasteiger partial charge in [-0.3, -0.25) is 9.59 Å². The van der Waals surface area contributed by atoms with Crippen LogP contribution in [0.4, 0.5) is 0 Å². The Bertz CT molecular complexity index is 496. The van der Waals surface area contributed by atoms with E-state index in [1.54, 1.807) is 0 Å². The van der Waals surface area contributed by atoms with Gasteiger partial charge in [0.2, 0.25) is 5.91 Å². The van der Waals surface area contributed by atoms with E-state index in [1.165, 1.54) is 0 Å². The third-order valence-corrected chi connectivity index (χ3v) is 3.66. The van der Waals surface area contributed by atoms with E-state index in [0.717, 1.165) is 5.56 Å². The molecular weight excluding hydrogens is 254 g/mol. The summed E-state index contributed by atoms with van der Waals surface area (Å²) >= 11 is 0. The van der Waals surface area contributed by atoms with Crippen molar-refractivity contribution in [3.05, 3.63) is 42.0 Å². The first-order valence-corrected chi connectivity index (χ1v) is 6.89. The largest absolute Gasteiger partial charge is 0.481 e. The second-order valence-electron chi connectivity index (χ2n) is 5.10. The number of hydrogen-bond donors (Lipinski definition) is 2. The minimum atomic E-state index is -0.788. The molecule has 0 aliphatic heterocycles. The second kappa shape index (κ2) is 6.89. The molecule has 1 aliphatic rings. The van der Waals surface area contributed by atoms with E-state index in [4.69, 9.17) is 5.11 Å². The zero-order valence-corrected chi connectivity index (χ0v) is 11.3. The number of rotatable bonds is 5. The van der Waals surface area contributed by atoms with Crippen molar-refractivity contribution >= 4 is 18.0 Å². The number of carbonyl (C=O) groups excluding carboxylic acids is 1. The summed E-state index contributed by atoms with van der Waals surface area (Å²) in [5, 5.41) is 11.7. The van der Waals surface area contributed by atoms with Crippen molar-refractivity contribution in [2.24, 2.45) is 11.8 Å². The van der Waals surface area contributed by atoms with Gasteiger partial charge in [0, 0.05) is 12.5 Å². The molecule has 0 heterocycles. The zero-order valence-electron chi connectivity index (χ0n) is 11.3. The highest BCUT2D eigenvalue weighted by molar-refractivity contribution is 5.81. The fourth-order valence-corrected chi connectivity index (χ4v) is 2.51. The minimum Gasteiger partial charge on any atom is -0.481 e. The second-order valence-corrected chi connectivity index (χ2v) is 5.10. The molecule has 2 N–H and O–H groups in total.